The minimum Gasteiger partial charge on any atom is -0.494 e. The van der Waals surface area contributed by atoms with Crippen molar-refractivity contribution < 1.29 is 4.74 Å². The first-order chi connectivity index (χ1) is 5.88. The van der Waals surface area contributed by atoms with Crippen LogP contribution < -0.4 is 0 Å². The smallest absolute Gasteiger partial charge is 0.118 e. The molecule has 1 saturated heterocycles. The van der Waals surface area contributed by atoms with Gasteiger partial charge in [0.1, 0.15) is 5.76 Å². The highest BCUT2D eigenvalue weighted by Gasteiger charge is 2.10. The fourth-order valence-electron chi connectivity index (χ4n) is 1.34. The Hall–Kier alpha value is -0.980. The van der Waals surface area contributed by atoms with Crippen molar-refractivity contribution in [1.29, 1.82) is 0 Å². The van der Waals surface area contributed by atoms with E-state index in [0.29, 0.717) is 0 Å². The van der Waals surface area contributed by atoms with E-state index in [1.54, 1.807) is 0 Å². The average Bonchev–Trinajstić information content (AvgIpc) is 2.09. The molecule has 0 radical (unpaired) electrons. The zero-order valence-electron chi connectivity index (χ0n) is 7.68. The van der Waals surface area contributed by atoms with Gasteiger partial charge in [-0.1, -0.05) is 25.7 Å². The molecule has 0 aromatic heterocycles. The summed E-state index contributed by atoms with van der Waals surface area (Å²) in [5, 5.41) is 0. The molecule has 0 aromatic rings. The Kier molecular flexibility index (Phi) is 3.65. The van der Waals surface area contributed by atoms with Crippen LogP contribution in [0.3, 0.4) is 0 Å². The SMILES string of the molecule is C=C/C=C1/CCCO/C1=C/CC. The molecule has 0 unspecified atom stereocenters. The molecule has 0 bridgehead atoms. The van der Waals surface area contributed by atoms with Crippen LogP contribution in [-0.2, 0) is 4.74 Å². The Bertz CT molecular complexity index is 211. The van der Waals surface area contributed by atoms with Crippen LogP contribution in [0.5, 0.6) is 0 Å². The van der Waals surface area contributed by atoms with Crippen LogP contribution in [0.25, 0.3) is 0 Å². The van der Waals surface area contributed by atoms with Gasteiger partial charge in [0.2, 0.25) is 0 Å². The van der Waals surface area contributed by atoms with Gasteiger partial charge in [0.25, 0.3) is 0 Å². The maximum Gasteiger partial charge on any atom is 0.118 e. The summed E-state index contributed by atoms with van der Waals surface area (Å²) in [7, 11) is 0. The van der Waals surface area contributed by atoms with Gasteiger partial charge in [-0.05, 0) is 30.9 Å². The summed E-state index contributed by atoms with van der Waals surface area (Å²) in [5.74, 6) is 1.06. The molecule has 1 heterocycles. The Morgan fingerprint density at radius 2 is 2.42 bits per heavy atom. The maximum atomic E-state index is 5.53. The molecule has 1 aliphatic rings. The van der Waals surface area contributed by atoms with Gasteiger partial charge < -0.3 is 4.74 Å². The van der Waals surface area contributed by atoms with Gasteiger partial charge in [0.15, 0.2) is 0 Å². The van der Waals surface area contributed by atoms with Crippen LogP contribution >= 0.6 is 0 Å². The van der Waals surface area contributed by atoms with Gasteiger partial charge >= 0.3 is 0 Å². The van der Waals surface area contributed by atoms with Crippen LogP contribution in [-0.4, -0.2) is 6.61 Å². The fraction of sp³-hybridized carbons (Fsp3) is 0.455. The minimum atomic E-state index is 0.861. The standard InChI is InChI=1S/C11H16O/c1-3-6-10-8-5-9-12-11(10)7-4-2/h3,6-7H,1,4-5,8-9H2,2H3/b10-6-,11-7+. The second-order valence-electron chi connectivity index (χ2n) is 2.86. The number of allylic oxidation sites excluding steroid dienone is 4. The van der Waals surface area contributed by atoms with E-state index in [2.05, 4.69) is 19.6 Å². The van der Waals surface area contributed by atoms with E-state index in [1.807, 2.05) is 12.2 Å². The summed E-state index contributed by atoms with van der Waals surface area (Å²) < 4.78 is 5.53. The van der Waals surface area contributed by atoms with Crippen LogP contribution in [0.15, 0.2) is 36.1 Å². The van der Waals surface area contributed by atoms with Gasteiger partial charge in [-0.3, -0.25) is 0 Å². The lowest BCUT2D eigenvalue weighted by Gasteiger charge is -2.19. The fourth-order valence-corrected chi connectivity index (χ4v) is 1.34. The summed E-state index contributed by atoms with van der Waals surface area (Å²) in [4.78, 5) is 0. The molecule has 0 saturated carbocycles. The lowest BCUT2D eigenvalue weighted by Crippen LogP contribution is -2.06. The molecule has 1 rings (SSSR count). The molecule has 12 heavy (non-hydrogen) atoms. The second kappa shape index (κ2) is 4.81. The second-order valence-corrected chi connectivity index (χ2v) is 2.86. The van der Waals surface area contributed by atoms with Crippen molar-refractivity contribution in [1.82, 2.24) is 0 Å². The molecule has 0 aliphatic carbocycles. The van der Waals surface area contributed by atoms with Gasteiger partial charge in [-0.15, -0.1) is 0 Å². The molecular weight excluding hydrogens is 148 g/mol. The van der Waals surface area contributed by atoms with E-state index in [-0.39, 0.29) is 0 Å². The Morgan fingerprint density at radius 3 is 3.08 bits per heavy atom. The van der Waals surface area contributed by atoms with Crippen molar-refractivity contribution in [2.24, 2.45) is 0 Å². The van der Waals surface area contributed by atoms with Crippen molar-refractivity contribution in [2.75, 3.05) is 6.61 Å². The largest absolute Gasteiger partial charge is 0.494 e. The molecular formula is C11H16O. The van der Waals surface area contributed by atoms with E-state index in [0.717, 1.165) is 31.6 Å². The molecule has 1 heteroatoms. The van der Waals surface area contributed by atoms with Crippen molar-refractivity contribution in [3.63, 3.8) is 0 Å². The highest BCUT2D eigenvalue weighted by atomic mass is 16.5. The first-order valence-electron chi connectivity index (χ1n) is 4.53. The third kappa shape index (κ3) is 2.26. The van der Waals surface area contributed by atoms with Crippen LogP contribution in [0.2, 0.25) is 0 Å². The van der Waals surface area contributed by atoms with Crippen LogP contribution in [0, 0.1) is 0 Å². The normalized spacial score (nSPS) is 24.1. The predicted molar refractivity (Wildman–Crippen MR) is 51.8 cm³/mol. The van der Waals surface area contributed by atoms with Gasteiger partial charge in [-0.25, -0.2) is 0 Å². The molecule has 1 aliphatic heterocycles. The average molecular weight is 164 g/mol. The summed E-state index contributed by atoms with van der Waals surface area (Å²) in [6, 6.07) is 0. The number of ether oxygens (including phenoxy) is 1. The highest BCUT2D eigenvalue weighted by molar-refractivity contribution is 5.30. The first kappa shape index (κ1) is 9.11. The zero-order chi connectivity index (χ0) is 8.81. The van der Waals surface area contributed by atoms with Gasteiger partial charge in [0, 0.05) is 0 Å². The topological polar surface area (TPSA) is 9.23 Å². The molecule has 0 spiro atoms. The summed E-state index contributed by atoms with van der Waals surface area (Å²) in [6.07, 6.45) is 9.28. The van der Waals surface area contributed by atoms with Crippen molar-refractivity contribution in [3.05, 3.63) is 36.1 Å². The lowest BCUT2D eigenvalue weighted by molar-refractivity contribution is 0.193. The molecule has 0 amide bonds. The summed E-state index contributed by atoms with van der Waals surface area (Å²) in [6.45, 7) is 6.67. The van der Waals surface area contributed by atoms with E-state index in [4.69, 9.17) is 4.74 Å². The monoisotopic (exact) mass is 164 g/mol. The molecule has 0 N–H and O–H groups in total. The van der Waals surface area contributed by atoms with Gasteiger partial charge in [0.05, 0.1) is 6.61 Å². The Labute approximate surface area is 74.4 Å². The van der Waals surface area contributed by atoms with Gasteiger partial charge in [-0.2, -0.15) is 0 Å². The highest BCUT2D eigenvalue weighted by Crippen LogP contribution is 2.23. The van der Waals surface area contributed by atoms with E-state index in [9.17, 15) is 0 Å². The van der Waals surface area contributed by atoms with Crippen molar-refractivity contribution in [2.45, 2.75) is 26.2 Å². The summed E-state index contributed by atoms with van der Waals surface area (Å²) in [5.41, 5.74) is 1.29. The number of hydrogen-bond donors (Lipinski definition) is 0. The van der Waals surface area contributed by atoms with Crippen molar-refractivity contribution >= 4 is 0 Å². The van der Waals surface area contributed by atoms with E-state index >= 15 is 0 Å². The lowest BCUT2D eigenvalue weighted by atomic mass is 10.0. The Morgan fingerprint density at radius 1 is 1.58 bits per heavy atom. The quantitative estimate of drug-likeness (QED) is 0.609. The van der Waals surface area contributed by atoms with E-state index < -0.39 is 0 Å². The van der Waals surface area contributed by atoms with Crippen LogP contribution in [0.1, 0.15) is 26.2 Å². The zero-order valence-corrected chi connectivity index (χ0v) is 7.68. The molecule has 1 fully saturated rings. The number of rotatable bonds is 2. The molecule has 0 aromatic carbocycles. The minimum absolute atomic E-state index is 0.861. The van der Waals surface area contributed by atoms with Crippen molar-refractivity contribution in [3.8, 4) is 0 Å². The summed E-state index contributed by atoms with van der Waals surface area (Å²) >= 11 is 0. The van der Waals surface area contributed by atoms with Crippen LogP contribution in [0.4, 0.5) is 0 Å². The predicted octanol–water partition coefficient (Wildman–Crippen LogP) is 3.20. The molecule has 66 valence electrons. The number of hydrogen-bond acceptors (Lipinski definition) is 1. The molecule has 0 atom stereocenters. The molecule has 1 nitrogen and oxygen atoms in total. The third-order valence-electron chi connectivity index (χ3n) is 1.87. The van der Waals surface area contributed by atoms with E-state index in [1.165, 1.54) is 5.57 Å². The Balaban J connectivity index is 2.73. The maximum absolute atomic E-state index is 5.53. The third-order valence-corrected chi connectivity index (χ3v) is 1.87. The first-order valence-corrected chi connectivity index (χ1v) is 4.53.